The van der Waals surface area contributed by atoms with Gasteiger partial charge in [0.1, 0.15) is 0 Å². The number of aliphatic imine (C=N–C) groups is 1. The molecule has 1 aromatic carbocycles. The van der Waals surface area contributed by atoms with Crippen molar-refractivity contribution in [2.24, 2.45) is 10.7 Å². The van der Waals surface area contributed by atoms with E-state index >= 15 is 0 Å². The van der Waals surface area contributed by atoms with Crippen molar-refractivity contribution in [2.75, 3.05) is 32.0 Å². The van der Waals surface area contributed by atoms with E-state index < -0.39 is 0 Å². The van der Waals surface area contributed by atoms with Crippen LogP contribution in [0.2, 0.25) is 0 Å². The molecule has 0 radical (unpaired) electrons. The van der Waals surface area contributed by atoms with Crippen molar-refractivity contribution in [1.29, 1.82) is 0 Å². The Balaban J connectivity index is 0.00000400. The molecule has 0 atom stereocenters. The monoisotopic (exact) mass is 404 g/mol. The van der Waals surface area contributed by atoms with Gasteiger partial charge in [-0.15, -0.1) is 24.0 Å². The van der Waals surface area contributed by atoms with Crippen molar-refractivity contribution in [3.05, 3.63) is 29.3 Å². The minimum absolute atomic E-state index is 0. The summed E-state index contributed by atoms with van der Waals surface area (Å²) < 4.78 is 0. The number of nitrogens with one attached hydrogen (secondary N) is 1. The number of anilines is 1. The second-order valence-corrected chi connectivity index (χ2v) is 4.95. The van der Waals surface area contributed by atoms with Gasteiger partial charge in [-0.2, -0.15) is 0 Å². The lowest BCUT2D eigenvalue weighted by Crippen LogP contribution is -2.27. The van der Waals surface area contributed by atoms with Gasteiger partial charge in [0.15, 0.2) is 5.96 Å². The Morgan fingerprint density at radius 3 is 2.24 bits per heavy atom. The van der Waals surface area contributed by atoms with Crippen molar-refractivity contribution >= 4 is 35.6 Å². The van der Waals surface area contributed by atoms with Crippen LogP contribution in [0.1, 0.15) is 31.9 Å². The molecular weight excluding hydrogens is 375 g/mol. The lowest BCUT2D eigenvalue weighted by molar-refractivity contribution is 0.363. The van der Waals surface area contributed by atoms with Crippen LogP contribution in [-0.2, 0) is 12.8 Å². The maximum absolute atomic E-state index is 6.00. The Labute approximate surface area is 146 Å². The number of halogens is 1. The fourth-order valence-electron chi connectivity index (χ4n) is 2.07. The Kier molecular flexibility index (Phi) is 10.4. The van der Waals surface area contributed by atoms with E-state index in [0.29, 0.717) is 5.96 Å². The highest BCUT2D eigenvalue weighted by atomic mass is 127. The first-order valence-corrected chi connectivity index (χ1v) is 7.48. The van der Waals surface area contributed by atoms with Crippen LogP contribution in [0.3, 0.4) is 0 Å². The van der Waals surface area contributed by atoms with Crippen molar-refractivity contribution in [1.82, 2.24) is 4.90 Å². The van der Waals surface area contributed by atoms with Gasteiger partial charge in [-0.3, -0.25) is 4.99 Å². The summed E-state index contributed by atoms with van der Waals surface area (Å²) in [6.45, 7) is 9.12. The van der Waals surface area contributed by atoms with Gasteiger partial charge < -0.3 is 16.0 Å². The van der Waals surface area contributed by atoms with Crippen molar-refractivity contribution in [3.63, 3.8) is 0 Å². The van der Waals surface area contributed by atoms with E-state index in [1.54, 1.807) is 0 Å². The van der Waals surface area contributed by atoms with E-state index in [9.17, 15) is 0 Å². The van der Waals surface area contributed by atoms with E-state index in [-0.39, 0.29) is 24.0 Å². The average molecular weight is 404 g/mol. The predicted molar refractivity (Wildman–Crippen MR) is 104 cm³/mol. The zero-order valence-electron chi connectivity index (χ0n) is 13.6. The number of rotatable bonds is 7. The normalized spacial score (nSPS) is 11.4. The second kappa shape index (κ2) is 10.8. The van der Waals surface area contributed by atoms with Crippen LogP contribution in [-0.4, -0.2) is 37.5 Å². The smallest absolute Gasteiger partial charge is 0.193 e. The number of hydrogen-bond donors (Lipinski definition) is 2. The average Bonchev–Trinajstić information content (AvgIpc) is 2.47. The first-order chi connectivity index (χ1) is 9.62. The molecule has 0 aliphatic heterocycles. The largest absolute Gasteiger partial charge is 0.370 e. The highest BCUT2D eigenvalue weighted by Crippen LogP contribution is 2.22. The van der Waals surface area contributed by atoms with Crippen LogP contribution >= 0.6 is 24.0 Å². The molecule has 0 bridgehead atoms. The van der Waals surface area contributed by atoms with Gasteiger partial charge in [-0.1, -0.05) is 39.0 Å². The molecule has 0 aromatic heterocycles. The lowest BCUT2D eigenvalue weighted by Gasteiger charge is -2.15. The van der Waals surface area contributed by atoms with E-state index in [1.165, 1.54) is 11.1 Å². The Bertz CT molecular complexity index is 424. The van der Waals surface area contributed by atoms with Gasteiger partial charge in [0.05, 0.1) is 6.54 Å². The molecule has 0 amide bonds. The summed E-state index contributed by atoms with van der Waals surface area (Å²) in [7, 11) is 2.08. The van der Waals surface area contributed by atoms with Crippen molar-refractivity contribution in [2.45, 2.75) is 33.6 Å². The molecule has 0 aliphatic carbocycles. The molecule has 0 saturated heterocycles. The highest BCUT2D eigenvalue weighted by molar-refractivity contribution is 14.0. The Morgan fingerprint density at radius 1 is 1.19 bits per heavy atom. The summed E-state index contributed by atoms with van der Waals surface area (Å²) in [4.78, 5) is 6.62. The molecule has 0 spiro atoms. The minimum Gasteiger partial charge on any atom is -0.370 e. The molecule has 0 saturated carbocycles. The number of benzene rings is 1. The number of aryl methyl sites for hydroxylation is 2. The van der Waals surface area contributed by atoms with Crippen molar-refractivity contribution < 1.29 is 0 Å². The minimum atomic E-state index is 0. The molecule has 1 aromatic rings. The number of nitrogens with two attached hydrogens (primary N) is 1. The van der Waals surface area contributed by atoms with Crippen LogP contribution < -0.4 is 11.1 Å². The summed E-state index contributed by atoms with van der Waals surface area (Å²) in [6, 6.07) is 6.38. The van der Waals surface area contributed by atoms with E-state index in [4.69, 9.17) is 5.73 Å². The molecule has 0 aliphatic rings. The van der Waals surface area contributed by atoms with Gasteiger partial charge in [0, 0.05) is 12.2 Å². The fraction of sp³-hybridized carbons (Fsp3) is 0.562. The van der Waals surface area contributed by atoms with Crippen LogP contribution in [0.5, 0.6) is 0 Å². The maximum Gasteiger partial charge on any atom is 0.193 e. The molecule has 0 heterocycles. The predicted octanol–water partition coefficient (Wildman–Crippen LogP) is 3.11. The van der Waals surface area contributed by atoms with E-state index in [0.717, 1.165) is 38.2 Å². The summed E-state index contributed by atoms with van der Waals surface area (Å²) in [6.07, 6.45) is 1.98. The fourth-order valence-corrected chi connectivity index (χ4v) is 2.07. The molecule has 3 N–H and O–H groups in total. The molecule has 5 heteroatoms. The summed E-state index contributed by atoms with van der Waals surface area (Å²) in [5.74, 6) is 0.505. The van der Waals surface area contributed by atoms with E-state index in [1.807, 2.05) is 0 Å². The number of guanidine groups is 1. The summed E-state index contributed by atoms with van der Waals surface area (Å²) in [5.41, 5.74) is 9.70. The first kappa shape index (κ1) is 20.2. The SMILES string of the molecule is CCc1cccc(CC)c1NC(N)=NCCN(C)CC.I. The molecule has 0 fully saturated rings. The van der Waals surface area contributed by atoms with Gasteiger partial charge >= 0.3 is 0 Å². The number of hydrogen-bond acceptors (Lipinski definition) is 2. The topological polar surface area (TPSA) is 53.6 Å². The van der Waals surface area contributed by atoms with Gasteiger partial charge in [-0.05, 0) is 37.6 Å². The highest BCUT2D eigenvalue weighted by Gasteiger charge is 2.06. The van der Waals surface area contributed by atoms with Crippen molar-refractivity contribution in [3.8, 4) is 0 Å². The van der Waals surface area contributed by atoms with Gasteiger partial charge in [-0.25, -0.2) is 0 Å². The lowest BCUT2D eigenvalue weighted by atomic mass is 10.0. The number of nitrogens with zero attached hydrogens (tertiary/aromatic N) is 2. The zero-order chi connectivity index (χ0) is 15.0. The maximum atomic E-state index is 6.00. The molecule has 0 unspecified atom stereocenters. The quantitative estimate of drug-likeness (QED) is 0.417. The second-order valence-electron chi connectivity index (χ2n) is 4.95. The molecular formula is C16H29IN4. The van der Waals surface area contributed by atoms with Crippen LogP contribution in [0, 0.1) is 0 Å². The standard InChI is InChI=1S/C16H28N4.HI/c1-5-13-9-8-10-14(6-2)15(13)19-16(17)18-11-12-20(4)7-3;/h8-10H,5-7,11-12H2,1-4H3,(H3,17,18,19);1H. The van der Waals surface area contributed by atoms with E-state index in [2.05, 4.69) is 61.2 Å². The summed E-state index contributed by atoms with van der Waals surface area (Å²) >= 11 is 0. The Hall–Kier alpha value is -0.820. The van der Waals surface area contributed by atoms with Crippen LogP contribution in [0.25, 0.3) is 0 Å². The van der Waals surface area contributed by atoms with Gasteiger partial charge in [0.2, 0.25) is 0 Å². The third-order valence-corrected chi connectivity index (χ3v) is 3.56. The van der Waals surface area contributed by atoms with Crippen LogP contribution in [0.4, 0.5) is 5.69 Å². The molecule has 4 nitrogen and oxygen atoms in total. The molecule has 120 valence electrons. The zero-order valence-corrected chi connectivity index (χ0v) is 16.0. The van der Waals surface area contributed by atoms with Gasteiger partial charge in [0.25, 0.3) is 0 Å². The third kappa shape index (κ3) is 6.65. The summed E-state index contributed by atoms with van der Waals surface area (Å²) in [5, 5.41) is 3.28. The molecule has 1 rings (SSSR count). The Morgan fingerprint density at radius 2 is 1.76 bits per heavy atom. The van der Waals surface area contributed by atoms with Crippen LogP contribution in [0.15, 0.2) is 23.2 Å². The first-order valence-electron chi connectivity index (χ1n) is 7.48. The number of likely N-dealkylation sites (N-methyl/N-ethyl adjacent to an activating group) is 1. The number of para-hydroxylation sites is 1. The molecule has 21 heavy (non-hydrogen) atoms. The third-order valence-electron chi connectivity index (χ3n) is 3.56.